The maximum atomic E-state index is 12.3. The van der Waals surface area contributed by atoms with Gasteiger partial charge in [-0.15, -0.1) is 0 Å². The van der Waals surface area contributed by atoms with Gasteiger partial charge in [0.25, 0.3) is 0 Å². The highest BCUT2D eigenvalue weighted by atomic mass is 16.5. The van der Waals surface area contributed by atoms with E-state index in [2.05, 4.69) is 4.74 Å². The summed E-state index contributed by atoms with van der Waals surface area (Å²) in [6, 6.07) is -0.225. The van der Waals surface area contributed by atoms with Crippen molar-refractivity contribution in [1.82, 2.24) is 9.80 Å². The summed E-state index contributed by atoms with van der Waals surface area (Å²) < 4.78 is 10.0. The molecule has 0 saturated carbocycles. The van der Waals surface area contributed by atoms with Gasteiger partial charge in [0.1, 0.15) is 0 Å². The highest BCUT2D eigenvalue weighted by Crippen LogP contribution is 2.12. The van der Waals surface area contributed by atoms with E-state index in [1.165, 1.54) is 12.0 Å². The van der Waals surface area contributed by atoms with E-state index in [4.69, 9.17) is 9.84 Å². The second-order valence-corrected chi connectivity index (χ2v) is 4.73. The van der Waals surface area contributed by atoms with Crippen LogP contribution in [0.25, 0.3) is 0 Å². The third kappa shape index (κ3) is 5.58. The summed E-state index contributed by atoms with van der Waals surface area (Å²) in [7, 11) is 1.30. The highest BCUT2D eigenvalue weighted by Gasteiger charge is 2.28. The molecule has 1 fully saturated rings. The number of nitrogens with zero attached hydrogens (tertiary/aromatic N) is 2. The lowest BCUT2D eigenvalue weighted by atomic mass is 10.2. The summed E-state index contributed by atoms with van der Waals surface area (Å²) in [6.45, 7) is 3.49. The maximum Gasteiger partial charge on any atom is 0.320 e. The number of methoxy groups -OCH3 is 1. The Morgan fingerprint density at radius 1 is 1.43 bits per heavy atom. The number of rotatable bonds is 6. The first kappa shape index (κ1) is 17.2. The van der Waals surface area contributed by atoms with Gasteiger partial charge in [-0.2, -0.15) is 0 Å². The van der Waals surface area contributed by atoms with Crippen LogP contribution in [0.5, 0.6) is 0 Å². The van der Waals surface area contributed by atoms with Crippen molar-refractivity contribution in [3.05, 3.63) is 0 Å². The van der Waals surface area contributed by atoms with Crippen LogP contribution in [0, 0.1) is 0 Å². The number of carboxylic acids is 1. The zero-order valence-corrected chi connectivity index (χ0v) is 12.4. The number of carbonyl (C=O) groups excluding carboxylic acids is 2. The molecule has 120 valence electrons. The number of ether oxygens (including phenoxy) is 2. The molecule has 0 aromatic rings. The maximum absolute atomic E-state index is 12.3. The average Bonchev–Trinajstić information content (AvgIpc) is 2.47. The molecule has 0 aromatic carbocycles. The number of hydrogen-bond acceptors (Lipinski definition) is 5. The molecule has 0 aliphatic carbocycles. The number of morpholine rings is 1. The van der Waals surface area contributed by atoms with Crippen molar-refractivity contribution in [2.75, 3.05) is 39.9 Å². The van der Waals surface area contributed by atoms with E-state index in [1.807, 2.05) is 0 Å². The molecule has 8 heteroatoms. The zero-order valence-electron chi connectivity index (χ0n) is 12.4. The van der Waals surface area contributed by atoms with Gasteiger partial charge in [0.05, 0.1) is 32.7 Å². The first-order valence-electron chi connectivity index (χ1n) is 6.92. The molecule has 1 N–H and O–H groups in total. The van der Waals surface area contributed by atoms with Gasteiger partial charge in [-0.1, -0.05) is 0 Å². The van der Waals surface area contributed by atoms with Crippen molar-refractivity contribution in [2.24, 2.45) is 0 Å². The zero-order chi connectivity index (χ0) is 15.8. The topological polar surface area (TPSA) is 96.4 Å². The molecule has 2 amide bonds. The number of carboxylic acid groups (broad SMARTS) is 1. The molecule has 0 spiro atoms. The predicted octanol–water partition coefficient (Wildman–Crippen LogP) is 0.167. The van der Waals surface area contributed by atoms with Gasteiger partial charge >= 0.3 is 18.0 Å². The van der Waals surface area contributed by atoms with Gasteiger partial charge in [0.15, 0.2) is 0 Å². The van der Waals surface area contributed by atoms with Crippen molar-refractivity contribution >= 4 is 18.0 Å². The van der Waals surface area contributed by atoms with E-state index in [-0.39, 0.29) is 37.5 Å². The fourth-order valence-corrected chi connectivity index (χ4v) is 2.11. The number of amides is 2. The summed E-state index contributed by atoms with van der Waals surface area (Å²) in [5.41, 5.74) is 0. The standard InChI is InChI=1S/C13H22N2O6/c1-3-14(5-4-11(16)17)13(19)15-6-7-21-10(9-15)8-12(18)20-2/h10H,3-9H2,1-2H3,(H,16,17). The lowest BCUT2D eigenvalue weighted by molar-refractivity contribution is -0.145. The Morgan fingerprint density at radius 2 is 2.14 bits per heavy atom. The quantitative estimate of drug-likeness (QED) is 0.702. The van der Waals surface area contributed by atoms with E-state index >= 15 is 0 Å². The fraction of sp³-hybridized carbons (Fsp3) is 0.769. The molecule has 0 radical (unpaired) electrons. The summed E-state index contributed by atoms with van der Waals surface area (Å²) in [5.74, 6) is -1.32. The first-order valence-corrected chi connectivity index (χ1v) is 6.92. The molecule has 1 unspecified atom stereocenters. The lowest BCUT2D eigenvalue weighted by Crippen LogP contribution is -2.51. The Morgan fingerprint density at radius 3 is 2.71 bits per heavy atom. The molecule has 21 heavy (non-hydrogen) atoms. The number of urea groups is 1. The Labute approximate surface area is 123 Å². The first-order chi connectivity index (χ1) is 9.97. The van der Waals surface area contributed by atoms with E-state index in [0.29, 0.717) is 26.2 Å². The molecule has 0 aromatic heterocycles. The van der Waals surface area contributed by atoms with Crippen LogP contribution in [-0.4, -0.2) is 78.9 Å². The van der Waals surface area contributed by atoms with Crippen LogP contribution in [0.15, 0.2) is 0 Å². The predicted molar refractivity (Wildman–Crippen MR) is 72.8 cm³/mol. The van der Waals surface area contributed by atoms with Crippen molar-refractivity contribution in [3.8, 4) is 0 Å². The second kappa shape index (κ2) is 8.46. The van der Waals surface area contributed by atoms with Crippen LogP contribution in [0.4, 0.5) is 4.79 Å². The molecule has 1 atom stereocenters. The minimum atomic E-state index is -0.938. The largest absolute Gasteiger partial charge is 0.481 e. The lowest BCUT2D eigenvalue weighted by Gasteiger charge is -2.35. The third-order valence-electron chi connectivity index (χ3n) is 3.28. The van der Waals surface area contributed by atoms with E-state index in [9.17, 15) is 14.4 Å². The molecule has 1 aliphatic heterocycles. The summed E-state index contributed by atoms with van der Waals surface area (Å²) in [5, 5.41) is 8.70. The summed E-state index contributed by atoms with van der Waals surface area (Å²) >= 11 is 0. The Kier molecular flexibility index (Phi) is 6.93. The second-order valence-electron chi connectivity index (χ2n) is 4.73. The Bertz CT molecular complexity index is 387. The van der Waals surface area contributed by atoms with Crippen LogP contribution >= 0.6 is 0 Å². The molecule has 8 nitrogen and oxygen atoms in total. The molecule has 1 aliphatic rings. The van der Waals surface area contributed by atoms with Crippen LogP contribution in [-0.2, 0) is 19.1 Å². The monoisotopic (exact) mass is 302 g/mol. The SMILES string of the molecule is CCN(CCC(=O)O)C(=O)N1CCOC(CC(=O)OC)C1. The molecule has 1 heterocycles. The minimum absolute atomic E-state index is 0.0878. The van der Waals surface area contributed by atoms with Crippen LogP contribution in [0.1, 0.15) is 19.8 Å². The van der Waals surface area contributed by atoms with E-state index in [0.717, 1.165) is 0 Å². The van der Waals surface area contributed by atoms with Gasteiger partial charge < -0.3 is 24.4 Å². The molecular formula is C13H22N2O6. The van der Waals surface area contributed by atoms with Crippen molar-refractivity contribution in [2.45, 2.75) is 25.9 Å². The number of esters is 1. The smallest absolute Gasteiger partial charge is 0.320 e. The molecule has 0 bridgehead atoms. The molecule has 1 rings (SSSR count). The highest BCUT2D eigenvalue weighted by molar-refractivity contribution is 5.76. The van der Waals surface area contributed by atoms with Crippen LogP contribution < -0.4 is 0 Å². The van der Waals surface area contributed by atoms with Gasteiger partial charge in [-0.3, -0.25) is 9.59 Å². The molecule has 1 saturated heterocycles. The van der Waals surface area contributed by atoms with Gasteiger partial charge in [0.2, 0.25) is 0 Å². The van der Waals surface area contributed by atoms with Gasteiger partial charge in [-0.05, 0) is 6.92 Å². The Hall–Kier alpha value is -1.83. The van der Waals surface area contributed by atoms with Crippen LogP contribution in [0.3, 0.4) is 0 Å². The van der Waals surface area contributed by atoms with E-state index < -0.39 is 5.97 Å². The Balaban J connectivity index is 2.55. The van der Waals surface area contributed by atoms with Crippen molar-refractivity contribution in [3.63, 3.8) is 0 Å². The summed E-state index contributed by atoms with van der Waals surface area (Å²) in [4.78, 5) is 37.2. The van der Waals surface area contributed by atoms with E-state index in [1.54, 1.807) is 11.8 Å². The number of carbonyl (C=O) groups is 3. The number of aliphatic carboxylic acids is 1. The average molecular weight is 302 g/mol. The normalized spacial score (nSPS) is 18.2. The van der Waals surface area contributed by atoms with Crippen molar-refractivity contribution in [1.29, 1.82) is 0 Å². The van der Waals surface area contributed by atoms with Gasteiger partial charge in [-0.25, -0.2) is 4.79 Å². The van der Waals surface area contributed by atoms with Crippen LogP contribution in [0.2, 0.25) is 0 Å². The summed E-state index contributed by atoms with van der Waals surface area (Å²) in [6.07, 6.45) is -0.370. The number of hydrogen-bond donors (Lipinski definition) is 1. The minimum Gasteiger partial charge on any atom is -0.481 e. The fourth-order valence-electron chi connectivity index (χ4n) is 2.11. The van der Waals surface area contributed by atoms with Gasteiger partial charge in [0, 0.05) is 26.2 Å². The van der Waals surface area contributed by atoms with Crippen molar-refractivity contribution < 1.29 is 29.0 Å². The molecular weight excluding hydrogens is 280 g/mol. The third-order valence-corrected chi connectivity index (χ3v) is 3.28.